The van der Waals surface area contributed by atoms with Crippen molar-refractivity contribution in [2.75, 3.05) is 5.32 Å². The fourth-order valence-corrected chi connectivity index (χ4v) is 4.32. The minimum Gasteiger partial charge on any atom is -0.330 e. The van der Waals surface area contributed by atoms with Crippen molar-refractivity contribution >= 4 is 39.7 Å². The van der Waals surface area contributed by atoms with Crippen molar-refractivity contribution in [2.45, 2.75) is 35.8 Å². The molecular weight excluding hydrogens is 290 g/mol. The van der Waals surface area contributed by atoms with Crippen molar-refractivity contribution in [3.05, 3.63) is 29.8 Å². The highest BCUT2D eigenvalue weighted by Crippen LogP contribution is 2.35. The van der Waals surface area contributed by atoms with Crippen molar-refractivity contribution in [1.82, 2.24) is 10.2 Å². The second-order valence-electron chi connectivity index (χ2n) is 4.83. The average Bonchev–Trinajstić information content (AvgIpc) is 3.01. The fourth-order valence-electron chi connectivity index (χ4n) is 2.18. The van der Waals surface area contributed by atoms with E-state index in [1.807, 2.05) is 12.1 Å². The van der Waals surface area contributed by atoms with E-state index in [9.17, 15) is 4.79 Å². The molecule has 1 aliphatic carbocycles. The molecule has 0 saturated heterocycles. The van der Waals surface area contributed by atoms with E-state index in [-0.39, 0.29) is 5.25 Å². The molecule has 0 bridgehead atoms. The molecule has 4 nitrogen and oxygen atoms in total. The van der Waals surface area contributed by atoms with Crippen LogP contribution in [0, 0.1) is 6.92 Å². The van der Waals surface area contributed by atoms with Gasteiger partial charge in [0.1, 0.15) is 5.78 Å². The predicted octanol–water partition coefficient (Wildman–Crippen LogP) is 3.80. The van der Waals surface area contributed by atoms with Gasteiger partial charge >= 0.3 is 0 Å². The first kappa shape index (κ1) is 13.6. The molecule has 6 heteroatoms. The molecule has 1 heterocycles. The van der Waals surface area contributed by atoms with Gasteiger partial charge in [0.15, 0.2) is 4.34 Å². The molecular formula is C14H15N3OS2. The highest BCUT2D eigenvalue weighted by molar-refractivity contribution is 8.02. The Bertz CT molecular complexity index is 626. The minimum atomic E-state index is 0.0785. The van der Waals surface area contributed by atoms with Crippen LogP contribution in [0.25, 0.3) is 0 Å². The van der Waals surface area contributed by atoms with Gasteiger partial charge in [0, 0.05) is 12.1 Å². The highest BCUT2D eigenvalue weighted by Gasteiger charge is 2.26. The van der Waals surface area contributed by atoms with Crippen LogP contribution in [-0.4, -0.2) is 21.2 Å². The van der Waals surface area contributed by atoms with Gasteiger partial charge < -0.3 is 5.32 Å². The standard InChI is InChI=1S/C14H15N3OS2/c1-9-4-2-5-10(8-9)15-13-16-17-14(20-13)19-12-7-3-6-11(12)18/h2,4-5,8,12H,3,6-7H2,1H3,(H,15,16)/t12-/m1/s1. The Balaban J connectivity index is 1.66. The van der Waals surface area contributed by atoms with Gasteiger partial charge in [0.2, 0.25) is 5.13 Å². The molecule has 1 N–H and O–H groups in total. The summed E-state index contributed by atoms with van der Waals surface area (Å²) in [5.74, 6) is 0.346. The van der Waals surface area contributed by atoms with Gasteiger partial charge in [-0.1, -0.05) is 35.2 Å². The molecule has 104 valence electrons. The summed E-state index contributed by atoms with van der Waals surface area (Å²) in [5.41, 5.74) is 2.21. The molecule has 1 aromatic carbocycles. The predicted molar refractivity (Wildman–Crippen MR) is 82.9 cm³/mol. The molecule has 20 heavy (non-hydrogen) atoms. The lowest BCUT2D eigenvalue weighted by Crippen LogP contribution is -2.07. The number of carbonyl (C=O) groups excluding carboxylic acids is 1. The number of Topliss-reactive ketones (excluding diaryl/α,β-unsaturated/α-hetero) is 1. The molecule has 1 atom stereocenters. The highest BCUT2D eigenvalue weighted by atomic mass is 32.2. The number of benzene rings is 1. The Morgan fingerprint density at radius 2 is 2.30 bits per heavy atom. The van der Waals surface area contributed by atoms with Crippen LogP contribution in [0.2, 0.25) is 0 Å². The molecule has 0 unspecified atom stereocenters. The van der Waals surface area contributed by atoms with E-state index in [1.54, 1.807) is 11.8 Å². The zero-order valence-electron chi connectivity index (χ0n) is 11.1. The van der Waals surface area contributed by atoms with Crippen molar-refractivity contribution in [3.8, 4) is 0 Å². The summed E-state index contributed by atoms with van der Waals surface area (Å²) in [4.78, 5) is 11.6. The van der Waals surface area contributed by atoms with Crippen LogP contribution in [0.4, 0.5) is 10.8 Å². The van der Waals surface area contributed by atoms with E-state index < -0.39 is 0 Å². The van der Waals surface area contributed by atoms with Gasteiger partial charge in [-0.15, -0.1) is 10.2 Å². The number of carbonyl (C=O) groups is 1. The SMILES string of the molecule is Cc1cccc(Nc2nnc(S[C@@H]3CCCC3=O)s2)c1. The largest absolute Gasteiger partial charge is 0.330 e. The molecule has 0 amide bonds. The van der Waals surface area contributed by atoms with Crippen molar-refractivity contribution in [3.63, 3.8) is 0 Å². The van der Waals surface area contributed by atoms with E-state index in [0.717, 1.165) is 28.0 Å². The first-order valence-electron chi connectivity index (χ1n) is 6.57. The van der Waals surface area contributed by atoms with Crippen LogP contribution >= 0.6 is 23.1 Å². The van der Waals surface area contributed by atoms with Crippen molar-refractivity contribution in [2.24, 2.45) is 0 Å². The number of hydrogen-bond donors (Lipinski definition) is 1. The first-order chi connectivity index (χ1) is 9.70. The Labute approximate surface area is 126 Å². The van der Waals surface area contributed by atoms with Crippen molar-refractivity contribution in [1.29, 1.82) is 0 Å². The third-order valence-corrected chi connectivity index (χ3v) is 5.41. The Hall–Kier alpha value is -1.40. The monoisotopic (exact) mass is 305 g/mol. The summed E-state index contributed by atoms with van der Waals surface area (Å²) in [7, 11) is 0. The molecule has 0 radical (unpaired) electrons. The summed E-state index contributed by atoms with van der Waals surface area (Å²) in [5, 5.41) is 12.4. The van der Waals surface area contributed by atoms with E-state index >= 15 is 0 Å². The third-order valence-electron chi connectivity index (χ3n) is 3.17. The Morgan fingerprint density at radius 3 is 3.05 bits per heavy atom. The van der Waals surface area contributed by atoms with E-state index in [4.69, 9.17) is 0 Å². The second-order valence-corrected chi connectivity index (χ2v) is 7.26. The maximum atomic E-state index is 11.6. The summed E-state index contributed by atoms with van der Waals surface area (Å²) in [6.45, 7) is 2.05. The summed E-state index contributed by atoms with van der Waals surface area (Å²) < 4.78 is 0.861. The van der Waals surface area contributed by atoms with Crippen LogP contribution in [0.15, 0.2) is 28.6 Å². The normalized spacial score (nSPS) is 18.4. The summed E-state index contributed by atoms with van der Waals surface area (Å²) >= 11 is 3.05. The molecule has 0 aliphatic heterocycles. The number of ketones is 1. The smallest absolute Gasteiger partial charge is 0.210 e. The third kappa shape index (κ3) is 3.19. The lowest BCUT2D eigenvalue weighted by molar-refractivity contribution is -0.116. The molecule has 1 saturated carbocycles. The summed E-state index contributed by atoms with van der Waals surface area (Å²) in [6.07, 6.45) is 2.68. The number of nitrogens with one attached hydrogen (secondary N) is 1. The van der Waals surface area contributed by atoms with Crippen LogP contribution in [0.1, 0.15) is 24.8 Å². The lowest BCUT2D eigenvalue weighted by Gasteiger charge is -2.03. The van der Waals surface area contributed by atoms with Crippen LogP contribution in [0.5, 0.6) is 0 Å². The Kier molecular flexibility index (Phi) is 4.03. The second kappa shape index (κ2) is 5.93. The minimum absolute atomic E-state index is 0.0785. The van der Waals surface area contributed by atoms with Crippen LogP contribution in [-0.2, 0) is 4.79 Å². The number of aryl methyl sites for hydroxylation is 1. The summed E-state index contributed by atoms with van der Waals surface area (Å²) in [6, 6.07) is 8.13. The zero-order chi connectivity index (χ0) is 13.9. The van der Waals surface area contributed by atoms with Gasteiger partial charge in [-0.3, -0.25) is 4.79 Å². The van der Waals surface area contributed by atoms with E-state index in [2.05, 4.69) is 34.6 Å². The number of rotatable bonds is 4. The zero-order valence-corrected chi connectivity index (χ0v) is 12.8. The molecule has 2 aromatic rings. The molecule has 0 spiro atoms. The van der Waals surface area contributed by atoms with Gasteiger partial charge in [0.05, 0.1) is 5.25 Å². The first-order valence-corrected chi connectivity index (χ1v) is 8.27. The van der Waals surface area contributed by atoms with Gasteiger partial charge in [-0.25, -0.2) is 0 Å². The van der Waals surface area contributed by atoms with Crippen molar-refractivity contribution < 1.29 is 4.79 Å². The van der Waals surface area contributed by atoms with E-state index in [0.29, 0.717) is 12.2 Å². The maximum absolute atomic E-state index is 11.6. The quantitative estimate of drug-likeness (QED) is 0.931. The van der Waals surface area contributed by atoms with Crippen LogP contribution < -0.4 is 5.32 Å². The molecule has 1 aliphatic rings. The van der Waals surface area contributed by atoms with Gasteiger partial charge in [0.25, 0.3) is 0 Å². The topological polar surface area (TPSA) is 54.9 Å². The van der Waals surface area contributed by atoms with Gasteiger partial charge in [-0.05, 0) is 37.5 Å². The molecule has 1 fully saturated rings. The van der Waals surface area contributed by atoms with Crippen LogP contribution in [0.3, 0.4) is 0 Å². The van der Waals surface area contributed by atoms with E-state index in [1.165, 1.54) is 16.9 Å². The fraction of sp³-hybridized carbons (Fsp3) is 0.357. The molecule has 1 aromatic heterocycles. The van der Waals surface area contributed by atoms with Gasteiger partial charge in [-0.2, -0.15) is 0 Å². The molecule has 3 rings (SSSR count). The number of hydrogen-bond acceptors (Lipinski definition) is 6. The number of thioether (sulfide) groups is 1. The Morgan fingerprint density at radius 1 is 1.40 bits per heavy atom. The average molecular weight is 305 g/mol. The number of nitrogens with zero attached hydrogens (tertiary/aromatic N) is 2. The maximum Gasteiger partial charge on any atom is 0.210 e. The number of aromatic nitrogens is 2. The number of anilines is 2. The lowest BCUT2D eigenvalue weighted by atomic mass is 10.2.